The lowest BCUT2D eigenvalue weighted by molar-refractivity contribution is -0.165. The molecule has 4 atom stereocenters. The Morgan fingerprint density at radius 2 is 1.96 bits per heavy atom. The summed E-state index contributed by atoms with van der Waals surface area (Å²) in [6, 6.07) is 0. The number of ether oxygens (including phenoxy) is 1. The molecule has 6 heteroatoms. The summed E-state index contributed by atoms with van der Waals surface area (Å²) in [6.45, 7) is 7.34. The van der Waals surface area contributed by atoms with Gasteiger partial charge >= 0.3 is 11.9 Å². The average molecular weight is 344 g/mol. The van der Waals surface area contributed by atoms with Crippen LogP contribution in [0.25, 0.3) is 0 Å². The number of hydrogen-bond acceptors (Lipinski definition) is 5. The topological polar surface area (TPSA) is 104 Å². The maximum absolute atomic E-state index is 12.3. The molecule has 0 aromatic rings. The van der Waals surface area contributed by atoms with Crippen LogP contribution in [0.3, 0.4) is 0 Å². The van der Waals surface area contributed by atoms with Crippen molar-refractivity contribution >= 4 is 11.9 Å². The number of aliphatic carboxylic acids is 1. The molecule has 0 aromatic heterocycles. The number of aliphatic hydroxyl groups is 2. The van der Waals surface area contributed by atoms with Crippen LogP contribution in [0.2, 0.25) is 0 Å². The SMILES string of the molecule is CCC(CCC(C)(C)O)COC(=O)C1CCC(C)(O)CC1C(=O)O. The third kappa shape index (κ3) is 6.77. The van der Waals surface area contributed by atoms with E-state index in [0.717, 1.165) is 12.8 Å². The molecular weight excluding hydrogens is 312 g/mol. The molecule has 0 spiro atoms. The molecular formula is C18H32O6. The minimum Gasteiger partial charge on any atom is -0.481 e. The Morgan fingerprint density at radius 3 is 2.46 bits per heavy atom. The molecule has 0 amide bonds. The van der Waals surface area contributed by atoms with Crippen molar-refractivity contribution in [2.24, 2.45) is 17.8 Å². The van der Waals surface area contributed by atoms with Crippen LogP contribution in [0.5, 0.6) is 0 Å². The van der Waals surface area contributed by atoms with E-state index in [1.165, 1.54) is 0 Å². The van der Waals surface area contributed by atoms with Crippen molar-refractivity contribution in [3.63, 3.8) is 0 Å². The number of rotatable bonds is 8. The third-order valence-electron chi connectivity index (χ3n) is 4.96. The molecule has 0 radical (unpaired) electrons. The van der Waals surface area contributed by atoms with Gasteiger partial charge in [0.2, 0.25) is 0 Å². The summed E-state index contributed by atoms with van der Waals surface area (Å²) in [5.74, 6) is -3.01. The molecule has 1 fully saturated rings. The van der Waals surface area contributed by atoms with E-state index in [0.29, 0.717) is 19.3 Å². The number of hydrogen-bond donors (Lipinski definition) is 3. The number of esters is 1. The van der Waals surface area contributed by atoms with Gasteiger partial charge in [-0.1, -0.05) is 13.3 Å². The van der Waals surface area contributed by atoms with Gasteiger partial charge in [0.1, 0.15) is 0 Å². The summed E-state index contributed by atoms with van der Waals surface area (Å²) < 4.78 is 5.38. The van der Waals surface area contributed by atoms with Crippen LogP contribution in [0.15, 0.2) is 0 Å². The summed E-state index contributed by atoms with van der Waals surface area (Å²) >= 11 is 0. The second kappa shape index (κ2) is 8.30. The first kappa shape index (κ1) is 20.9. The molecule has 4 unspecified atom stereocenters. The number of carbonyl (C=O) groups excluding carboxylic acids is 1. The van der Waals surface area contributed by atoms with E-state index < -0.39 is 35.0 Å². The molecule has 0 aliphatic heterocycles. The third-order valence-corrected chi connectivity index (χ3v) is 4.96. The quantitative estimate of drug-likeness (QED) is 0.584. The summed E-state index contributed by atoms with van der Waals surface area (Å²) in [4.78, 5) is 23.7. The normalized spacial score (nSPS) is 29.1. The molecule has 0 saturated heterocycles. The summed E-state index contributed by atoms with van der Waals surface area (Å²) in [6.07, 6.45) is 2.97. The first-order valence-corrected chi connectivity index (χ1v) is 8.79. The molecule has 6 nitrogen and oxygen atoms in total. The van der Waals surface area contributed by atoms with E-state index in [4.69, 9.17) is 4.74 Å². The van der Waals surface area contributed by atoms with Gasteiger partial charge in [0.25, 0.3) is 0 Å². The van der Waals surface area contributed by atoms with Crippen molar-refractivity contribution in [2.75, 3.05) is 6.61 Å². The highest BCUT2D eigenvalue weighted by atomic mass is 16.5. The Labute approximate surface area is 144 Å². The van der Waals surface area contributed by atoms with E-state index in [1.807, 2.05) is 6.92 Å². The lowest BCUT2D eigenvalue weighted by Gasteiger charge is -2.36. The largest absolute Gasteiger partial charge is 0.481 e. The lowest BCUT2D eigenvalue weighted by atomic mass is 9.72. The van der Waals surface area contributed by atoms with Gasteiger partial charge < -0.3 is 20.1 Å². The van der Waals surface area contributed by atoms with E-state index in [2.05, 4.69) is 0 Å². The van der Waals surface area contributed by atoms with Gasteiger partial charge in [0, 0.05) is 0 Å². The van der Waals surface area contributed by atoms with Gasteiger partial charge in [-0.3, -0.25) is 9.59 Å². The van der Waals surface area contributed by atoms with Gasteiger partial charge in [-0.05, 0) is 58.8 Å². The molecule has 0 bridgehead atoms. The van der Waals surface area contributed by atoms with Crippen molar-refractivity contribution < 1.29 is 29.6 Å². The first-order valence-electron chi connectivity index (χ1n) is 8.79. The Bertz CT molecular complexity index is 437. The van der Waals surface area contributed by atoms with Crippen LogP contribution >= 0.6 is 0 Å². The summed E-state index contributed by atoms with van der Waals surface area (Å²) in [7, 11) is 0. The maximum Gasteiger partial charge on any atom is 0.309 e. The number of carboxylic acids is 1. The highest BCUT2D eigenvalue weighted by Crippen LogP contribution is 2.37. The molecule has 1 saturated carbocycles. The zero-order chi connectivity index (χ0) is 18.5. The number of carboxylic acid groups (broad SMARTS) is 1. The van der Waals surface area contributed by atoms with Gasteiger partial charge in [0.05, 0.1) is 29.6 Å². The molecule has 140 valence electrons. The highest BCUT2D eigenvalue weighted by Gasteiger charge is 2.44. The molecule has 1 aliphatic rings. The Hall–Kier alpha value is -1.14. The highest BCUT2D eigenvalue weighted by molar-refractivity contribution is 5.81. The van der Waals surface area contributed by atoms with Crippen LogP contribution < -0.4 is 0 Å². The second-order valence-electron chi connectivity index (χ2n) is 8.05. The van der Waals surface area contributed by atoms with Crippen LogP contribution in [-0.4, -0.2) is 45.1 Å². The first-order chi connectivity index (χ1) is 10.9. The average Bonchev–Trinajstić information content (AvgIpc) is 2.45. The molecule has 1 aliphatic carbocycles. The minimum absolute atomic E-state index is 0.0675. The van der Waals surface area contributed by atoms with Crippen molar-refractivity contribution in [3.05, 3.63) is 0 Å². The van der Waals surface area contributed by atoms with Crippen molar-refractivity contribution in [1.29, 1.82) is 0 Å². The molecule has 3 N–H and O–H groups in total. The smallest absolute Gasteiger partial charge is 0.309 e. The zero-order valence-electron chi connectivity index (χ0n) is 15.2. The Kier molecular flexibility index (Phi) is 7.23. The standard InChI is InChI=1S/C18H32O6/c1-5-12(6-8-17(2,3)22)11-24-16(21)13-7-9-18(4,23)10-14(13)15(19)20/h12-14,22-23H,5-11H2,1-4H3,(H,19,20). The lowest BCUT2D eigenvalue weighted by Crippen LogP contribution is -2.43. The molecule has 0 heterocycles. The van der Waals surface area contributed by atoms with Crippen molar-refractivity contribution in [1.82, 2.24) is 0 Å². The Morgan fingerprint density at radius 1 is 1.33 bits per heavy atom. The fraction of sp³-hybridized carbons (Fsp3) is 0.889. The summed E-state index contributed by atoms with van der Waals surface area (Å²) in [5, 5.41) is 29.2. The summed E-state index contributed by atoms with van der Waals surface area (Å²) in [5.41, 5.74) is -1.79. The molecule has 0 aromatic carbocycles. The van der Waals surface area contributed by atoms with E-state index in [1.54, 1.807) is 20.8 Å². The van der Waals surface area contributed by atoms with Gasteiger partial charge in [-0.2, -0.15) is 0 Å². The van der Waals surface area contributed by atoms with E-state index >= 15 is 0 Å². The predicted molar refractivity (Wildman–Crippen MR) is 89.4 cm³/mol. The van der Waals surface area contributed by atoms with E-state index in [9.17, 15) is 24.9 Å². The fourth-order valence-electron chi connectivity index (χ4n) is 3.20. The molecule has 1 rings (SSSR count). The van der Waals surface area contributed by atoms with Crippen molar-refractivity contribution in [3.8, 4) is 0 Å². The monoisotopic (exact) mass is 344 g/mol. The zero-order valence-corrected chi connectivity index (χ0v) is 15.2. The number of carbonyl (C=O) groups is 2. The van der Waals surface area contributed by atoms with Crippen LogP contribution in [0.1, 0.15) is 66.2 Å². The second-order valence-corrected chi connectivity index (χ2v) is 8.05. The predicted octanol–water partition coefficient (Wildman–Crippen LogP) is 2.36. The van der Waals surface area contributed by atoms with E-state index in [-0.39, 0.29) is 18.9 Å². The fourth-order valence-corrected chi connectivity index (χ4v) is 3.20. The molecule has 24 heavy (non-hydrogen) atoms. The van der Waals surface area contributed by atoms with Crippen LogP contribution in [0, 0.1) is 17.8 Å². The van der Waals surface area contributed by atoms with Crippen molar-refractivity contribution in [2.45, 2.75) is 77.4 Å². The van der Waals surface area contributed by atoms with Gasteiger partial charge in [-0.25, -0.2) is 0 Å². The minimum atomic E-state index is -1.06. The maximum atomic E-state index is 12.3. The van der Waals surface area contributed by atoms with Gasteiger partial charge in [0.15, 0.2) is 0 Å². The van der Waals surface area contributed by atoms with Gasteiger partial charge in [-0.15, -0.1) is 0 Å². The van der Waals surface area contributed by atoms with Crippen LogP contribution in [0.4, 0.5) is 0 Å². The Balaban J connectivity index is 2.57. The van der Waals surface area contributed by atoms with Crippen LogP contribution in [-0.2, 0) is 14.3 Å².